The molecule has 1 aliphatic heterocycles. The van der Waals surface area contributed by atoms with Crippen LogP contribution in [0.4, 0.5) is 4.79 Å². The molecule has 1 heterocycles. The first-order chi connectivity index (χ1) is 11.3. The van der Waals surface area contributed by atoms with Crippen molar-refractivity contribution in [1.82, 2.24) is 4.90 Å². The van der Waals surface area contributed by atoms with E-state index in [4.69, 9.17) is 26.6 Å². The maximum absolute atomic E-state index is 12.3. The molecule has 0 aliphatic carbocycles. The first-order valence-electron chi connectivity index (χ1n) is 7.58. The van der Waals surface area contributed by atoms with Crippen molar-refractivity contribution in [3.05, 3.63) is 35.9 Å². The molecule has 1 unspecified atom stereocenters. The second-order valence-electron chi connectivity index (χ2n) is 6.48. The Bertz CT molecular complexity index is 647. The maximum Gasteiger partial charge on any atom is 1.00 e. The molecular weight excluding hydrogens is 345 g/mol. The van der Waals surface area contributed by atoms with Crippen molar-refractivity contribution in [3.8, 4) is 11.8 Å². The van der Waals surface area contributed by atoms with Crippen molar-refractivity contribution in [2.45, 2.75) is 45.3 Å². The molecule has 1 amide bonds. The Labute approximate surface area is 192 Å². The van der Waals surface area contributed by atoms with Crippen LogP contribution in [0.2, 0.25) is 0 Å². The number of nitriles is 1. The third-order valence-electron chi connectivity index (χ3n) is 3.58. The normalized spacial score (nSPS) is 15.4. The fourth-order valence-electron chi connectivity index (χ4n) is 2.61. The summed E-state index contributed by atoms with van der Waals surface area (Å²) in [5.74, 6) is 0.753. The molecule has 1 atom stereocenters. The summed E-state index contributed by atoms with van der Waals surface area (Å²) in [4.78, 5) is 14.0. The van der Waals surface area contributed by atoms with Gasteiger partial charge < -0.3 is 26.2 Å². The van der Waals surface area contributed by atoms with Crippen molar-refractivity contribution >= 4 is 6.09 Å². The zero-order valence-corrected chi connectivity index (χ0v) is 18.6. The van der Waals surface area contributed by atoms with E-state index < -0.39 is 5.60 Å². The predicted molar refractivity (Wildman–Crippen MR) is 87.6 cm³/mol. The van der Waals surface area contributed by atoms with Gasteiger partial charge in [0.15, 0.2) is 0 Å². The number of hydrogen-bond acceptors (Lipinski definition) is 5. The monoisotopic (exact) mass is 367 g/mol. The van der Waals surface area contributed by atoms with Crippen molar-refractivity contribution < 1.29 is 65.7 Å². The Hall–Kier alpha value is -1.09. The average Bonchev–Trinajstić information content (AvgIpc) is 2.55. The van der Waals surface area contributed by atoms with Crippen LogP contribution >= 0.6 is 0 Å². The van der Waals surface area contributed by atoms with Crippen LogP contribution in [0, 0.1) is 23.2 Å². The molecule has 0 aromatic heterocycles. The summed E-state index contributed by atoms with van der Waals surface area (Å²) < 4.78 is 10.7. The fraction of sp³-hybridized carbons (Fsp3) is 0.500. The molecule has 0 saturated carbocycles. The summed E-state index contributed by atoms with van der Waals surface area (Å²) in [6, 6.07) is 8.00. The van der Waals surface area contributed by atoms with E-state index in [0.29, 0.717) is 19.5 Å². The number of benzene rings is 1. The molecule has 25 heavy (non-hydrogen) atoms. The molecule has 7 heteroatoms. The van der Waals surface area contributed by atoms with Crippen LogP contribution in [0.3, 0.4) is 0 Å². The molecule has 2 rings (SSSR count). The van der Waals surface area contributed by atoms with Gasteiger partial charge in [-0.05, 0) is 44.0 Å². The topological polar surface area (TPSA) is 86.3 Å². The summed E-state index contributed by atoms with van der Waals surface area (Å²) in [6.07, 6.45) is 0.0244. The van der Waals surface area contributed by atoms with E-state index in [-0.39, 0.29) is 63.4 Å². The van der Waals surface area contributed by atoms with Gasteiger partial charge in [-0.2, -0.15) is 5.26 Å². The van der Waals surface area contributed by atoms with E-state index in [1.807, 2.05) is 39.0 Å². The molecule has 0 spiro atoms. The largest absolute Gasteiger partial charge is 1.00 e. The molecular formula is C18H22KN3O3. The number of methoxy groups -OCH3 is 1. The Kier molecular flexibility index (Phi) is 10.3. The van der Waals surface area contributed by atoms with Gasteiger partial charge in [-0.25, -0.2) is 4.79 Å². The minimum Gasteiger partial charge on any atom is -0.512 e. The van der Waals surface area contributed by atoms with E-state index >= 15 is 0 Å². The number of rotatable bonds is 2. The number of fused-ring (bicyclic) bond motifs is 1. The van der Waals surface area contributed by atoms with Crippen LogP contribution in [0.1, 0.15) is 44.2 Å². The minimum atomic E-state index is -0.526. The number of ether oxygens (including phenoxy) is 2. The van der Waals surface area contributed by atoms with Gasteiger partial charge in [0, 0.05) is 25.4 Å². The Morgan fingerprint density at radius 2 is 2.04 bits per heavy atom. The zero-order chi connectivity index (χ0) is 18.3. The molecule has 0 N–H and O–H groups in total. The number of carbonyl (C=O) groups is 1. The number of amides is 1. The van der Waals surface area contributed by atoms with E-state index in [0.717, 1.165) is 16.9 Å². The first-order valence-corrected chi connectivity index (χ1v) is 7.58. The summed E-state index contributed by atoms with van der Waals surface area (Å²) in [5, 5.41) is 15.3. The third-order valence-corrected chi connectivity index (χ3v) is 3.58. The first kappa shape index (κ1) is 23.9. The number of nitrogens with zero attached hydrogens (tertiary/aromatic N) is 3. The second kappa shape index (κ2) is 10.8. The maximum atomic E-state index is 12.3. The molecule has 1 aliphatic rings. The predicted octanol–water partition coefficient (Wildman–Crippen LogP) is 0.544. The number of carbonyl (C=O) groups excluding carboxylic acids is 1. The fourth-order valence-corrected chi connectivity index (χ4v) is 2.61. The zero-order valence-electron chi connectivity index (χ0n) is 15.5. The Morgan fingerprint density at radius 1 is 1.40 bits per heavy atom. The minimum absolute atomic E-state index is 0. The molecule has 0 radical (unpaired) electrons. The van der Waals surface area contributed by atoms with Crippen molar-refractivity contribution in [2.75, 3.05) is 13.7 Å². The van der Waals surface area contributed by atoms with Crippen molar-refractivity contribution in [2.24, 2.45) is 0 Å². The van der Waals surface area contributed by atoms with Crippen LogP contribution in [-0.4, -0.2) is 30.2 Å². The van der Waals surface area contributed by atoms with Gasteiger partial charge >= 0.3 is 57.5 Å². The van der Waals surface area contributed by atoms with Gasteiger partial charge in [0.2, 0.25) is 0 Å². The molecule has 1 aromatic carbocycles. The van der Waals surface area contributed by atoms with Crippen molar-refractivity contribution in [3.63, 3.8) is 0 Å². The second-order valence-corrected chi connectivity index (χ2v) is 6.48. The van der Waals surface area contributed by atoms with Gasteiger partial charge in [-0.3, -0.25) is 0 Å². The number of hydrogen-bond donors (Lipinski definition) is 0. The summed E-state index contributed by atoms with van der Waals surface area (Å²) in [6.45, 7) is 11.3. The van der Waals surface area contributed by atoms with E-state index in [2.05, 4.69) is 6.07 Å². The molecule has 0 fully saturated rings. The Morgan fingerprint density at radius 3 is 2.56 bits per heavy atom. The van der Waals surface area contributed by atoms with Crippen LogP contribution in [-0.2, 0) is 11.3 Å². The van der Waals surface area contributed by atoms with Crippen LogP contribution in [0.5, 0.6) is 5.75 Å². The molecule has 6 nitrogen and oxygen atoms in total. The summed E-state index contributed by atoms with van der Waals surface area (Å²) >= 11 is 0. The van der Waals surface area contributed by atoms with Crippen LogP contribution in [0.15, 0.2) is 18.2 Å². The molecule has 1 aromatic rings. The van der Waals surface area contributed by atoms with E-state index in [1.54, 1.807) is 12.0 Å². The van der Waals surface area contributed by atoms with Gasteiger partial charge in [0.1, 0.15) is 11.4 Å². The molecule has 0 bridgehead atoms. The SMILES string of the molecule is COc1ccc2c(c1)C(CC#N)CN(C(=O)OC(C)(C)C)C2.[C-]#N.[K+]. The molecule has 128 valence electrons. The van der Waals surface area contributed by atoms with Gasteiger partial charge in [-0.1, -0.05) is 6.07 Å². The van der Waals surface area contributed by atoms with E-state index in [9.17, 15) is 4.79 Å². The van der Waals surface area contributed by atoms with Gasteiger partial charge in [-0.15, -0.1) is 0 Å². The van der Waals surface area contributed by atoms with Gasteiger partial charge in [0.05, 0.1) is 13.2 Å². The standard InChI is InChI=1S/C17H22N2O3.CN.K/c1-17(2,3)22-16(20)19-10-12-5-6-14(21-4)9-15(12)13(11-19)7-8-18;1-2;/h5-6,9,13H,7,10-11H2,1-4H3;;/q;-1;+1. The summed E-state index contributed by atoms with van der Waals surface area (Å²) in [5.41, 5.74) is 1.60. The third kappa shape index (κ3) is 6.97. The van der Waals surface area contributed by atoms with E-state index in [1.165, 1.54) is 0 Å². The Balaban J connectivity index is 0.00000185. The van der Waals surface area contributed by atoms with Crippen LogP contribution < -0.4 is 56.1 Å². The average molecular weight is 367 g/mol. The van der Waals surface area contributed by atoms with Crippen LogP contribution in [0.25, 0.3) is 0 Å². The smallest absolute Gasteiger partial charge is 0.512 e. The van der Waals surface area contributed by atoms with Gasteiger partial charge in [0.25, 0.3) is 0 Å². The quantitative estimate of drug-likeness (QED) is 0.563. The molecule has 0 saturated heterocycles. The van der Waals surface area contributed by atoms with Crippen molar-refractivity contribution in [1.29, 1.82) is 10.5 Å². The summed E-state index contributed by atoms with van der Waals surface area (Å²) in [7, 11) is 1.62.